The van der Waals surface area contributed by atoms with Crippen molar-refractivity contribution in [2.45, 2.75) is 104 Å². The Morgan fingerprint density at radius 3 is 1.93 bits per heavy atom. The van der Waals surface area contributed by atoms with Gasteiger partial charge in [-0.1, -0.05) is 106 Å². The molecule has 4 bridgehead atoms. The van der Waals surface area contributed by atoms with Crippen molar-refractivity contribution < 1.29 is 9.36 Å². The summed E-state index contributed by atoms with van der Waals surface area (Å²) in [6, 6.07) is 21.0. The van der Waals surface area contributed by atoms with E-state index >= 15 is 0 Å². The lowest BCUT2D eigenvalue weighted by Gasteiger charge is -2.22. The van der Waals surface area contributed by atoms with E-state index in [2.05, 4.69) is 127 Å². The number of rotatable bonds is 12. The second kappa shape index (κ2) is 15.3. The molecule has 4 aromatic rings. The van der Waals surface area contributed by atoms with Gasteiger partial charge in [-0.2, -0.15) is 0 Å². The molecule has 5 heteroatoms. The molecule has 4 rings (SSSR count). The third-order valence-electron chi connectivity index (χ3n) is 8.82. The predicted molar refractivity (Wildman–Crippen MR) is 200 cm³/mol. The van der Waals surface area contributed by atoms with E-state index in [0.29, 0.717) is 5.75 Å². The lowest BCUT2D eigenvalue weighted by atomic mass is 9.82. The highest BCUT2D eigenvalue weighted by molar-refractivity contribution is 8.76. The van der Waals surface area contributed by atoms with Crippen molar-refractivity contribution in [3.8, 4) is 11.1 Å². The second-order valence-electron chi connectivity index (χ2n) is 14.6. The number of aryl methyl sites for hydroxylation is 3. The molecule has 1 atom stereocenters. The van der Waals surface area contributed by atoms with Gasteiger partial charge in [-0.3, -0.25) is 0 Å². The summed E-state index contributed by atoms with van der Waals surface area (Å²) in [5, 5.41) is 5.19. The van der Waals surface area contributed by atoms with Gasteiger partial charge in [0, 0.05) is 30.1 Å². The lowest BCUT2D eigenvalue weighted by molar-refractivity contribution is -0.697. The van der Waals surface area contributed by atoms with E-state index in [1.54, 1.807) is 10.8 Å². The maximum atomic E-state index is 10.6. The highest BCUT2D eigenvalue weighted by Gasteiger charge is 2.18. The van der Waals surface area contributed by atoms with Crippen LogP contribution in [-0.2, 0) is 22.2 Å². The van der Waals surface area contributed by atoms with Crippen molar-refractivity contribution in [2.24, 2.45) is 5.73 Å². The number of carbonyl (C=O) groups is 1. The first-order valence-electron chi connectivity index (χ1n) is 16.4. The van der Waals surface area contributed by atoms with Crippen molar-refractivity contribution >= 4 is 49.4 Å². The first kappa shape index (κ1) is 35.3. The van der Waals surface area contributed by atoms with Gasteiger partial charge in [-0.25, -0.2) is 4.57 Å². The average molecular weight is 642 g/mol. The standard InChI is InChI=1S/C40H53N2OS2/c1-28-31-13-14-32-22-35(40(6,7)8)25-37(29(32)2)38(24-33(28)23-34(21-31)39(3,4)5)30-15-18-42(19-16-30)17-11-9-10-12-20-44-45-27-36(41)26-43/h13-16,18-19,21-26,36H,9-12,17,20,27,41H2,1-8H3/q+1. The van der Waals surface area contributed by atoms with Crippen LogP contribution in [0.4, 0.5) is 0 Å². The first-order chi connectivity index (χ1) is 21.3. The van der Waals surface area contributed by atoms with Crippen LogP contribution in [-0.4, -0.2) is 23.8 Å². The fourth-order valence-corrected chi connectivity index (χ4v) is 7.85. The normalized spacial score (nSPS) is 12.9. The monoisotopic (exact) mass is 641 g/mol. The van der Waals surface area contributed by atoms with Crippen LogP contribution in [0.3, 0.4) is 0 Å². The van der Waals surface area contributed by atoms with Gasteiger partial charge in [-0.05, 0) is 98.5 Å². The molecule has 0 fully saturated rings. The van der Waals surface area contributed by atoms with Crippen molar-refractivity contribution in [2.75, 3.05) is 11.5 Å². The van der Waals surface area contributed by atoms with Crippen molar-refractivity contribution in [1.29, 1.82) is 0 Å². The number of hydrogen-bond donors (Lipinski definition) is 1. The first-order valence-corrected chi connectivity index (χ1v) is 18.9. The number of benzene rings is 2. The topological polar surface area (TPSA) is 47.0 Å². The fraction of sp³-hybridized carbons (Fsp3) is 0.450. The van der Waals surface area contributed by atoms with E-state index in [-0.39, 0.29) is 16.9 Å². The third-order valence-corrected chi connectivity index (χ3v) is 11.4. The molecule has 0 aliphatic heterocycles. The maximum absolute atomic E-state index is 10.6. The molecule has 0 radical (unpaired) electrons. The van der Waals surface area contributed by atoms with Crippen LogP contribution in [0.25, 0.3) is 32.7 Å². The molecule has 0 amide bonds. The van der Waals surface area contributed by atoms with Gasteiger partial charge in [0.15, 0.2) is 12.4 Å². The van der Waals surface area contributed by atoms with Crippen LogP contribution in [0.5, 0.6) is 0 Å². The van der Waals surface area contributed by atoms with Gasteiger partial charge in [0.1, 0.15) is 12.8 Å². The molecule has 0 spiro atoms. The Kier molecular flexibility index (Phi) is 12.0. The number of hydrogen-bond acceptors (Lipinski definition) is 4. The summed E-state index contributed by atoms with van der Waals surface area (Å²) in [5.41, 5.74) is 13.7. The van der Waals surface area contributed by atoms with E-state index in [4.69, 9.17) is 5.73 Å². The van der Waals surface area contributed by atoms with Crippen molar-refractivity contribution in [3.63, 3.8) is 0 Å². The van der Waals surface area contributed by atoms with Gasteiger partial charge in [0.05, 0.1) is 6.04 Å². The summed E-state index contributed by atoms with van der Waals surface area (Å²) in [7, 11) is 3.54. The Balaban J connectivity index is 1.65. The van der Waals surface area contributed by atoms with E-state index in [0.717, 1.165) is 18.6 Å². The fourth-order valence-electron chi connectivity index (χ4n) is 5.61. The molecule has 3 aromatic carbocycles. The number of nitrogens with two attached hydrogens (primary N) is 1. The smallest absolute Gasteiger partial charge is 0.169 e. The largest absolute Gasteiger partial charge is 0.321 e. The minimum absolute atomic E-state index is 0.0467. The van der Waals surface area contributed by atoms with Crippen LogP contribution >= 0.6 is 21.6 Å². The molecule has 3 nitrogen and oxygen atoms in total. The molecule has 0 saturated carbocycles. The summed E-state index contributed by atoms with van der Waals surface area (Å²) in [6.07, 6.45) is 10.2. The zero-order valence-corrected chi connectivity index (χ0v) is 30.3. The maximum Gasteiger partial charge on any atom is 0.169 e. The van der Waals surface area contributed by atoms with Gasteiger partial charge in [0.25, 0.3) is 0 Å². The molecule has 45 heavy (non-hydrogen) atoms. The number of aromatic nitrogens is 1. The van der Waals surface area contributed by atoms with Gasteiger partial charge < -0.3 is 10.5 Å². The number of pyridine rings is 1. The summed E-state index contributed by atoms with van der Waals surface area (Å²) in [4.78, 5) is 10.6. The van der Waals surface area contributed by atoms with E-state index in [1.807, 2.05) is 10.8 Å². The number of carbonyl (C=O) groups excluding carboxylic acids is 1. The Bertz CT molecular complexity index is 1650. The summed E-state index contributed by atoms with van der Waals surface area (Å²) in [6.45, 7) is 19.4. The molecular formula is C40H53N2OS2+. The molecule has 0 aliphatic rings. The molecule has 0 saturated heterocycles. The van der Waals surface area contributed by atoms with Gasteiger partial charge in [-0.15, -0.1) is 0 Å². The van der Waals surface area contributed by atoms with E-state index in [9.17, 15) is 4.79 Å². The number of fused-ring (bicyclic) bond motifs is 4. The van der Waals surface area contributed by atoms with E-state index in [1.165, 1.54) is 80.6 Å². The minimum atomic E-state index is -0.341. The highest BCUT2D eigenvalue weighted by atomic mass is 33.1. The van der Waals surface area contributed by atoms with Crippen LogP contribution < -0.4 is 10.3 Å². The van der Waals surface area contributed by atoms with Crippen molar-refractivity contribution in [3.05, 3.63) is 89.2 Å². The van der Waals surface area contributed by atoms with Gasteiger partial charge in [0.2, 0.25) is 0 Å². The lowest BCUT2D eigenvalue weighted by Crippen LogP contribution is -2.32. The summed E-state index contributed by atoms with van der Waals surface area (Å²) < 4.78 is 2.33. The minimum Gasteiger partial charge on any atom is -0.321 e. The van der Waals surface area contributed by atoms with E-state index < -0.39 is 0 Å². The molecule has 1 unspecified atom stereocenters. The predicted octanol–water partition coefficient (Wildman–Crippen LogP) is 10.2. The van der Waals surface area contributed by atoms with Crippen LogP contribution in [0.1, 0.15) is 89.5 Å². The number of nitrogens with zero attached hydrogens (tertiary/aromatic N) is 1. The Labute approximate surface area is 279 Å². The van der Waals surface area contributed by atoms with Gasteiger partial charge >= 0.3 is 0 Å². The van der Waals surface area contributed by atoms with Crippen LogP contribution in [0.15, 0.2) is 67.0 Å². The number of aldehydes is 1. The second-order valence-corrected chi connectivity index (χ2v) is 17.2. The third kappa shape index (κ3) is 9.47. The quantitative estimate of drug-likeness (QED) is 0.0724. The summed E-state index contributed by atoms with van der Waals surface area (Å²) >= 11 is 0. The molecule has 240 valence electrons. The summed E-state index contributed by atoms with van der Waals surface area (Å²) in [5.74, 6) is 1.81. The Hall–Kier alpha value is -2.60. The Morgan fingerprint density at radius 2 is 1.31 bits per heavy atom. The molecule has 1 heterocycles. The Morgan fingerprint density at radius 1 is 0.733 bits per heavy atom. The average Bonchev–Trinajstić information content (AvgIpc) is 2.98. The molecule has 1 aromatic heterocycles. The van der Waals surface area contributed by atoms with Crippen LogP contribution in [0.2, 0.25) is 0 Å². The zero-order chi connectivity index (χ0) is 32.8. The SMILES string of the molecule is Cc1c2ccc3cc(C(C)(C)C)cc(c(-c4cc[n+](CCCCCCSSCC(N)C=O)cc4)cc1cc(C(C)(C)C)c2)c3C. The van der Waals surface area contributed by atoms with Crippen molar-refractivity contribution in [1.82, 2.24) is 0 Å². The molecule has 0 aliphatic carbocycles. The van der Waals surface area contributed by atoms with Crippen LogP contribution in [0, 0.1) is 13.8 Å². The molecule has 2 N–H and O–H groups in total. The zero-order valence-electron chi connectivity index (χ0n) is 28.7. The number of unbranched alkanes of at least 4 members (excludes halogenated alkanes) is 3. The highest BCUT2D eigenvalue weighted by Crippen LogP contribution is 2.36. The molecular weight excluding hydrogens is 589 g/mol.